The van der Waals surface area contributed by atoms with Crippen LogP contribution in [0.3, 0.4) is 0 Å². The molecule has 0 bridgehead atoms. The van der Waals surface area contributed by atoms with Gasteiger partial charge in [0.05, 0.1) is 11.3 Å². The predicted molar refractivity (Wildman–Crippen MR) is 67.2 cm³/mol. The lowest BCUT2D eigenvalue weighted by atomic mass is 10.0. The number of halogens is 1. The molecule has 0 spiro atoms. The lowest BCUT2D eigenvalue weighted by molar-refractivity contribution is -0.123. The molecule has 2 aliphatic rings. The fourth-order valence-corrected chi connectivity index (χ4v) is 2.84. The van der Waals surface area contributed by atoms with Gasteiger partial charge in [0, 0.05) is 10.1 Å². The Hall–Kier alpha value is -1.11. The minimum absolute atomic E-state index is 0.0328. The zero-order chi connectivity index (χ0) is 11.3. The van der Waals surface area contributed by atoms with Gasteiger partial charge in [-0.2, -0.15) is 0 Å². The zero-order valence-corrected chi connectivity index (χ0v) is 10.5. The van der Waals surface area contributed by atoms with Gasteiger partial charge in [-0.25, -0.2) is 0 Å². The van der Waals surface area contributed by atoms with Crippen molar-refractivity contribution in [1.29, 1.82) is 0 Å². The maximum Gasteiger partial charge on any atom is 0.257 e. The zero-order valence-electron chi connectivity index (χ0n) is 8.37. The van der Waals surface area contributed by atoms with E-state index < -0.39 is 0 Å². The lowest BCUT2D eigenvalue weighted by Gasteiger charge is -2.37. The molecule has 0 unspecified atom stereocenters. The standard InChI is InChI=1S/C11H9IN2O2/c12-6-2-1-3-7-9(6)11(16)14-5-4-8(14)10(15)13-7/h1-3,8H,4-5H2,(H,13,15)/t8-/m0/s1. The van der Waals surface area contributed by atoms with Crippen LogP contribution in [0.5, 0.6) is 0 Å². The first kappa shape index (κ1) is 10.1. The highest BCUT2D eigenvalue weighted by Crippen LogP contribution is 2.31. The van der Waals surface area contributed by atoms with E-state index in [9.17, 15) is 9.59 Å². The van der Waals surface area contributed by atoms with E-state index in [2.05, 4.69) is 27.9 Å². The number of nitrogens with zero attached hydrogens (tertiary/aromatic N) is 1. The van der Waals surface area contributed by atoms with Crippen LogP contribution in [0.4, 0.5) is 5.69 Å². The van der Waals surface area contributed by atoms with Crippen molar-refractivity contribution in [2.75, 3.05) is 11.9 Å². The maximum absolute atomic E-state index is 12.2. The van der Waals surface area contributed by atoms with Gasteiger partial charge in [0.1, 0.15) is 6.04 Å². The average Bonchev–Trinajstić information content (AvgIpc) is 2.20. The number of amides is 2. The monoisotopic (exact) mass is 328 g/mol. The maximum atomic E-state index is 12.2. The van der Waals surface area contributed by atoms with E-state index in [1.54, 1.807) is 11.0 Å². The second-order valence-corrected chi connectivity index (χ2v) is 5.12. The van der Waals surface area contributed by atoms with E-state index in [-0.39, 0.29) is 17.9 Å². The number of benzene rings is 1. The number of hydrogen-bond acceptors (Lipinski definition) is 2. The van der Waals surface area contributed by atoms with E-state index in [4.69, 9.17) is 0 Å². The Balaban J connectivity index is 2.17. The quantitative estimate of drug-likeness (QED) is 0.733. The van der Waals surface area contributed by atoms with Crippen molar-refractivity contribution in [3.63, 3.8) is 0 Å². The normalized spacial score (nSPS) is 22.8. The Morgan fingerprint density at radius 3 is 2.88 bits per heavy atom. The molecule has 0 saturated carbocycles. The summed E-state index contributed by atoms with van der Waals surface area (Å²) in [5.74, 6) is -0.102. The molecule has 5 heteroatoms. The number of carbonyl (C=O) groups excluding carboxylic acids is 2. The van der Waals surface area contributed by atoms with E-state index in [0.717, 1.165) is 9.99 Å². The molecule has 0 aliphatic carbocycles. The van der Waals surface area contributed by atoms with Gasteiger partial charge in [-0.1, -0.05) is 6.07 Å². The topological polar surface area (TPSA) is 49.4 Å². The van der Waals surface area contributed by atoms with E-state index in [1.807, 2.05) is 12.1 Å². The minimum atomic E-state index is -0.268. The summed E-state index contributed by atoms with van der Waals surface area (Å²) in [7, 11) is 0. The first-order valence-corrected chi connectivity index (χ1v) is 6.16. The molecule has 1 aromatic carbocycles. The lowest BCUT2D eigenvalue weighted by Crippen LogP contribution is -2.55. The highest BCUT2D eigenvalue weighted by molar-refractivity contribution is 14.1. The summed E-state index contributed by atoms with van der Waals surface area (Å²) in [5, 5.41) is 2.82. The summed E-state index contributed by atoms with van der Waals surface area (Å²) in [6.45, 7) is 0.682. The third-order valence-electron chi connectivity index (χ3n) is 3.07. The van der Waals surface area contributed by atoms with Crippen LogP contribution in [0.25, 0.3) is 0 Å². The molecule has 1 saturated heterocycles. The first-order chi connectivity index (χ1) is 7.68. The van der Waals surface area contributed by atoms with Gasteiger partial charge in [-0.05, 0) is 41.1 Å². The van der Waals surface area contributed by atoms with Crippen LogP contribution < -0.4 is 5.32 Å². The molecule has 4 nitrogen and oxygen atoms in total. The smallest absolute Gasteiger partial charge is 0.257 e. The van der Waals surface area contributed by atoms with Gasteiger partial charge in [0.15, 0.2) is 0 Å². The number of carbonyl (C=O) groups is 2. The van der Waals surface area contributed by atoms with E-state index >= 15 is 0 Å². The molecular weight excluding hydrogens is 319 g/mol. The number of fused-ring (bicyclic) bond motifs is 2. The molecule has 1 fully saturated rings. The molecule has 2 amide bonds. The summed E-state index contributed by atoms with van der Waals surface area (Å²) in [4.78, 5) is 25.6. The first-order valence-electron chi connectivity index (χ1n) is 5.09. The van der Waals surface area contributed by atoms with Gasteiger partial charge >= 0.3 is 0 Å². The van der Waals surface area contributed by atoms with Crippen molar-refractivity contribution in [1.82, 2.24) is 4.90 Å². The summed E-state index contributed by atoms with van der Waals surface area (Å²) < 4.78 is 0.882. The highest BCUT2D eigenvalue weighted by Gasteiger charge is 2.41. The SMILES string of the molecule is O=C1Nc2cccc(I)c2C(=O)N2CC[C@@H]12. The summed E-state index contributed by atoms with van der Waals surface area (Å²) in [5.41, 5.74) is 1.26. The Morgan fingerprint density at radius 2 is 2.19 bits per heavy atom. The molecule has 1 atom stereocenters. The Labute approximate surface area is 106 Å². The van der Waals surface area contributed by atoms with Crippen molar-refractivity contribution in [2.45, 2.75) is 12.5 Å². The number of anilines is 1. The molecule has 2 aliphatic heterocycles. The molecule has 2 heterocycles. The van der Waals surface area contributed by atoms with Crippen molar-refractivity contribution in [3.8, 4) is 0 Å². The van der Waals surface area contributed by atoms with E-state index in [1.165, 1.54) is 0 Å². The van der Waals surface area contributed by atoms with Crippen molar-refractivity contribution in [3.05, 3.63) is 27.3 Å². The van der Waals surface area contributed by atoms with Crippen molar-refractivity contribution in [2.24, 2.45) is 0 Å². The summed E-state index contributed by atoms with van der Waals surface area (Å²) in [6, 6.07) is 5.23. The molecule has 0 aromatic heterocycles. The van der Waals surface area contributed by atoms with Gasteiger partial charge in [-0.3, -0.25) is 9.59 Å². The third-order valence-corrected chi connectivity index (χ3v) is 3.97. The second-order valence-electron chi connectivity index (χ2n) is 3.95. The Kier molecular flexibility index (Phi) is 2.17. The summed E-state index contributed by atoms with van der Waals surface area (Å²) >= 11 is 2.13. The molecule has 0 radical (unpaired) electrons. The number of hydrogen-bond donors (Lipinski definition) is 1. The third kappa shape index (κ3) is 1.27. The van der Waals surface area contributed by atoms with Crippen LogP contribution in [-0.2, 0) is 4.79 Å². The summed E-state index contributed by atoms with van der Waals surface area (Å²) in [6.07, 6.45) is 0.766. The Morgan fingerprint density at radius 1 is 1.38 bits per heavy atom. The number of nitrogens with one attached hydrogen (secondary N) is 1. The average molecular weight is 328 g/mol. The fraction of sp³-hybridized carbons (Fsp3) is 0.273. The molecule has 16 heavy (non-hydrogen) atoms. The van der Waals surface area contributed by atoms with Crippen molar-refractivity contribution < 1.29 is 9.59 Å². The molecule has 1 N–H and O–H groups in total. The Bertz CT molecular complexity index is 501. The van der Waals surface area contributed by atoms with Crippen LogP contribution >= 0.6 is 22.6 Å². The van der Waals surface area contributed by atoms with Gasteiger partial charge < -0.3 is 10.2 Å². The van der Waals surface area contributed by atoms with Gasteiger partial charge in [0.2, 0.25) is 5.91 Å². The minimum Gasteiger partial charge on any atom is -0.326 e. The highest BCUT2D eigenvalue weighted by atomic mass is 127. The molecule has 1 aromatic rings. The molecule has 3 rings (SSSR count). The van der Waals surface area contributed by atoms with Crippen LogP contribution in [0, 0.1) is 3.57 Å². The van der Waals surface area contributed by atoms with E-state index in [0.29, 0.717) is 17.8 Å². The van der Waals surface area contributed by atoms with Crippen molar-refractivity contribution >= 4 is 40.1 Å². The van der Waals surface area contributed by atoms with Gasteiger partial charge in [0.25, 0.3) is 5.91 Å². The van der Waals surface area contributed by atoms with Crippen LogP contribution in [0.2, 0.25) is 0 Å². The number of rotatable bonds is 0. The predicted octanol–water partition coefficient (Wildman–Crippen LogP) is 1.46. The second kappa shape index (κ2) is 3.44. The van der Waals surface area contributed by atoms with Crippen LogP contribution in [0.15, 0.2) is 18.2 Å². The molecular formula is C11H9IN2O2. The van der Waals surface area contributed by atoms with Crippen LogP contribution in [-0.4, -0.2) is 29.3 Å². The molecule has 82 valence electrons. The van der Waals surface area contributed by atoms with Crippen LogP contribution in [0.1, 0.15) is 16.8 Å². The largest absolute Gasteiger partial charge is 0.326 e. The van der Waals surface area contributed by atoms with Gasteiger partial charge in [-0.15, -0.1) is 0 Å². The fourth-order valence-electron chi connectivity index (χ4n) is 2.11.